The normalized spacial score (nSPS) is 10.2. The molecule has 0 unspecified atom stereocenters. The Morgan fingerprint density at radius 1 is 1.62 bits per heavy atom. The second kappa shape index (κ2) is 5.63. The first-order chi connectivity index (χ1) is 7.69. The van der Waals surface area contributed by atoms with E-state index in [0.717, 1.165) is 0 Å². The van der Waals surface area contributed by atoms with Crippen LogP contribution in [0.1, 0.15) is 11.1 Å². The number of likely N-dealkylation sites (N-methyl/N-ethyl adjacent to an activating group) is 1. The first-order valence-corrected chi connectivity index (χ1v) is 4.68. The van der Waals surface area contributed by atoms with E-state index in [-0.39, 0.29) is 11.3 Å². The molecule has 0 aliphatic rings. The Kier molecular flexibility index (Phi) is 4.18. The average Bonchev–Trinajstić information content (AvgIpc) is 2.29. The summed E-state index contributed by atoms with van der Waals surface area (Å²) in [4.78, 5) is 10.3. The first-order valence-electron chi connectivity index (χ1n) is 4.68. The van der Waals surface area contributed by atoms with Gasteiger partial charge in [0.1, 0.15) is 0 Å². The summed E-state index contributed by atoms with van der Waals surface area (Å²) in [5.41, 5.74) is 0.739. The van der Waals surface area contributed by atoms with Gasteiger partial charge in [-0.2, -0.15) is 5.26 Å². The molecule has 0 fully saturated rings. The third kappa shape index (κ3) is 2.90. The van der Waals surface area contributed by atoms with E-state index in [0.29, 0.717) is 12.1 Å². The fourth-order valence-corrected chi connectivity index (χ4v) is 1.22. The highest BCUT2D eigenvalue weighted by Crippen LogP contribution is 2.21. The van der Waals surface area contributed by atoms with Crippen LogP contribution >= 0.6 is 0 Å². The minimum atomic E-state index is -0.486. The van der Waals surface area contributed by atoms with Crippen molar-refractivity contribution in [2.75, 3.05) is 13.6 Å². The zero-order chi connectivity index (χ0) is 12.0. The minimum Gasteiger partial charge on any atom is -0.316 e. The summed E-state index contributed by atoms with van der Waals surface area (Å²) in [6.45, 7) is 0.636. The van der Waals surface area contributed by atoms with Crippen molar-refractivity contribution in [2.24, 2.45) is 0 Å². The summed E-state index contributed by atoms with van der Waals surface area (Å²) in [5, 5.41) is 22.3. The Balaban J connectivity index is 3.09. The van der Waals surface area contributed by atoms with Crippen LogP contribution in [0.25, 0.3) is 6.08 Å². The van der Waals surface area contributed by atoms with Crippen LogP contribution in [0.2, 0.25) is 0 Å². The Labute approximate surface area is 93.2 Å². The van der Waals surface area contributed by atoms with E-state index in [1.807, 2.05) is 6.07 Å². The maximum atomic E-state index is 10.8. The number of nitro groups is 1. The first kappa shape index (κ1) is 11.9. The molecule has 0 saturated heterocycles. The lowest BCUT2D eigenvalue weighted by Gasteiger charge is -1.98. The van der Waals surface area contributed by atoms with Crippen molar-refractivity contribution in [3.63, 3.8) is 0 Å². The molecule has 1 rings (SSSR count). The lowest BCUT2D eigenvalue weighted by atomic mass is 10.1. The highest BCUT2D eigenvalue weighted by atomic mass is 16.6. The van der Waals surface area contributed by atoms with E-state index in [1.54, 1.807) is 31.3 Å². The van der Waals surface area contributed by atoms with E-state index in [1.165, 1.54) is 6.07 Å². The monoisotopic (exact) mass is 217 g/mol. The molecule has 0 aliphatic heterocycles. The molecule has 0 aromatic heterocycles. The van der Waals surface area contributed by atoms with Crippen LogP contribution in [0.5, 0.6) is 0 Å². The molecule has 16 heavy (non-hydrogen) atoms. The molecule has 1 aromatic rings. The van der Waals surface area contributed by atoms with Crippen LogP contribution in [-0.2, 0) is 0 Å². The molecule has 0 amide bonds. The van der Waals surface area contributed by atoms with E-state index in [2.05, 4.69) is 5.32 Å². The summed E-state index contributed by atoms with van der Waals surface area (Å²) in [6, 6.07) is 6.29. The maximum absolute atomic E-state index is 10.8. The molecule has 0 heterocycles. The number of hydrogen-bond donors (Lipinski definition) is 1. The Hall–Kier alpha value is -2.19. The van der Waals surface area contributed by atoms with Crippen molar-refractivity contribution in [3.8, 4) is 6.07 Å². The van der Waals surface area contributed by atoms with Gasteiger partial charge in [0.15, 0.2) is 0 Å². The lowest BCUT2D eigenvalue weighted by Crippen LogP contribution is -2.03. The van der Waals surface area contributed by atoms with Crippen molar-refractivity contribution in [1.82, 2.24) is 5.32 Å². The van der Waals surface area contributed by atoms with Gasteiger partial charge >= 0.3 is 0 Å². The van der Waals surface area contributed by atoms with Gasteiger partial charge in [-0.05, 0) is 19.2 Å². The quantitative estimate of drug-likeness (QED) is 0.615. The third-order valence-electron chi connectivity index (χ3n) is 1.98. The molecular formula is C11H11N3O2. The van der Waals surface area contributed by atoms with Crippen molar-refractivity contribution in [1.29, 1.82) is 5.26 Å². The number of nitriles is 1. The van der Waals surface area contributed by atoms with E-state index in [4.69, 9.17) is 5.26 Å². The number of rotatable bonds is 4. The fourth-order valence-electron chi connectivity index (χ4n) is 1.22. The van der Waals surface area contributed by atoms with Crippen LogP contribution in [0.3, 0.4) is 0 Å². The number of nitrogens with one attached hydrogen (secondary N) is 1. The predicted molar refractivity (Wildman–Crippen MR) is 60.8 cm³/mol. The Morgan fingerprint density at radius 3 is 2.94 bits per heavy atom. The fraction of sp³-hybridized carbons (Fsp3) is 0.182. The highest BCUT2D eigenvalue weighted by Gasteiger charge is 2.11. The summed E-state index contributed by atoms with van der Waals surface area (Å²) in [7, 11) is 1.79. The van der Waals surface area contributed by atoms with Gasteiger partial charge < -0.3 is 5.32 Å². The van der Waals surface area contributed by atoms with E-state index >= 15 is 0 Å². The van der Waals surface area contributed by atoms with Gasteiger partial charge in [0.2, 0.25) is 0 Å². The second-order valence-corrected chi connectivity index (χ2v) is 3.10. The molecule has 0 saturated carbocycles. The number of nitrogens with zero attached hydrogens (tertiary/aromatic N) is 2. The van der Waals surface area contributed by atoms with Crippen LogP contribution in [0.4, 0.5) is 5.69 Å². The average molecular weight is 217 g/mol. The lowest BCUT2D eigenvalue weighted by molar-refractivity contribution is -0.385. The molecule has 0 atom stereocenters. The number of benzene rings is 1. The smallest absolute Gasteiger partial charge is 0.277 e. The minimum absolute atomic E-state index is 0.0496. The molecule has 0 radical (unpaired) electrons. The van der Waals surface area contributed by atoms with Gasteiger partial charge in [-0.3, -0.25) is 10.1 Å². The summed E-state index contributed by atoms with van der Waals surface area (Å²) >= 11 is 0. The van der Waals surface area contributed by atoms with Gasteiger partial charge in [-0.1, -0.05) is 12.2 Å². The highest BCUT2D eigenvalue weighted by molar-refractivity contribution is 5.62. The third-order valence-corrected chi connectivity index (χ3v) is 1.98. The van der Waals surface area contributed by atoms with Crippen molar-refractivity contribution in [3.05, 3.63) is 45.5 Å². The van der Waals surface area contributed by atoms with Crippen LogP contribution in [0.15, 0.2) is 24.3 Å². The Bertz CT molecular complexity index is 461. The van der Waals surface area contributed by atoms with E-state index < -0.39 is 4.92 Å². The van der Waals surface area contributed by atoms with Crippen LogP contribution in [0, 0.1) is 21.4 Å². The Morgan fingerprint density at radius 2 is 2.38 bits per heavy atom. The summed E-state index contributed by atoms with van der Waals surface area (Å²) in [5.74, 6) is 0. The van der Waals surface area contributed by atoms with Gasteiger partial charge in [0, 0.05) is 12.6 Å². The topological polar surface area (TPSA) is 79.0 Å². The van der Waals surface area contributed by atoms with Crippen molar-refractivity contribution in [2.45, 2.75) is 0 Å². The molecular weight excluding hydrogens is 206 g/mol. The predicted octanol–water partition coefficient (Wildman–Crippen LogP) is 1.70. The summed E-state index contributed by atoms with van der Waals surface area (Å²) < 4.78 is 0. The molecule has 5 nitrogen and oxygen atoms in total. The molecule has 0 spiro atoms. The van der Waals surface area contributed by atoms with Crippen molar-refractivity contribution >= 4 is 11.8 Å². The van der Waals surface area contributed by atoms with Gasteiger partial charge in [-0.15, -0.1) is 0 Å². The van der Waals surface area contributed by atoms with Crippen molar-refractivity contribution < 1.29 is 4.92 Å². The van der Waals surface area contributed by atoms with Crippen LogP contribution < -0.4 is 5.32 Å². The SMILES string of the molecule is CNCC=Cc1ccc(C#N)cc1[N+](=O)[O-]. The van der Waals surface area contributed by atoms with Gasteiger partial charge in [-0.25, -0.2) is 0 Å². The molecule has 0 aliphatic carbocycles. The van der Waals surface area contributed by atoms with E-state index in [9.17, 15) is 10.1 Å². The number of hydrogen-bond acceptors (Lipinski definition) is 4. The standard InChI is InChI=1S/C11H11N3O2/c1-13-6-2-3-10-5-4-9(8-12)7-11(10)14(15)16/h2-5,7,13H,6H2,1H3. The second-order valence-electron chi connectivity index (χ2n) is 3.10. The van der Waals surface area contributed by atoms with Crippen LogP contribution in [-0.4, -0.2) is 18.5 Å². The zero-order valence-corrected chi connectivity index (χ0v) is 8.80. The molecule has 1 N–H and O–H groups in total. The maximum Gasteiger partial charge on any atom is 0.277 e. The molecule has 1 aromatic carbocycles. The zero-order valence-electron chi connectivity index (χ0n) is 8.80. The largest absolute Gasteiger partial charge is 0.316 e. The molecule has 0 bridgehead atoms. The number of nitro benzene ring substituents is 1. The molecule has 82 valence electrons. The van der Waals surface area contributed by atoms with Gasteiger partial charge in [0.25, 0.3) is 5.69 Å². The summed E-state index contributed by atoms with van der Waals surface area (Å²) in [6.07, 6.45) is 3.45. The van der Waals surface area contributed by atoms with Gasteiger partial charge in [0.05, 0.1) is 22.1 Å². The molecule has 5 heteroatoms.